The predicted molar refractivity (Wildman–Crippen MR) is 77.2 cm³/mol. The Morgan fingerprint density at radius 2 is 2.10 bits per heavy atom. The molecule has 21 heavy (non-hydrogen) atoms. The second kappa shape index (κ2) is 6.03. The van der Waals surface area contributed by atoms with E-state index in [-0.39, 0.29) is 22.3 Å². The highest BCUT2D eigenvalue weighted by molar-refractivity contribution is 7.89. The number of rotatable bonds is 7. The van der Waals surface area contributed by atoms with Crippen LogP contribution in [-0.2, 0) is 10.0 Å². The molecule has 1 aliphatic carbocycles. The SMILES string of the molecule is CCCOc1ccc(S(=O)(=O)N(C)C2CC2)cc1C(=O)O. The first kappa shape index (κ1) is 15.8. The summed E-state index contributed by atoms with van der Waals surface area (Å²) in [6, 6.07) is 4.00. The monoisotopic (exact) mass is 313 g/mol. The van der Waals surface area contributed by atoms with Gasteiger partial charge in [-0.1, -0.05) is 6.92 Å². The molecule has 0 spiro atoms. The van der Waals surface area contributed by atoms with Crippen LogP contribution in [0.15, 0.2) is 23.1 Å². The Morgan fingerprint density at radius 1 is 1.43 bits per heavy atom. The highest BCUT2D eigenvalue weighted by Gasteiger charge is 2.35. The fraction of sp³-hybridized carbons (Fsp3) is 0.500. The van der Waals surface area contributed by atoms with Crippen LogP contribution in [0.25, 0.3) is 0 Å². The number of carboxylic acids is 1. The zero-order valence-electron chi connectivity index (χ0n) is 12.1. The number of ether oxygens (including phenoxy) is 1. The zero-order chi connectivity index (χ0) is 15.6. The molecule has 0 bridgehead atoms. The highest BCUT2D eigenvalue weighted by Crippen LogP contribution is 2.32. The summed E-state index contributed by atoms with van der Waals surface area (Å²) in [5.74, 6) is -1.01. The van der Waals surface area contributed by atoms with E-state index in [0.717, 1.165) is 19.3 Å². The molecule has 0 saturated heterocycles. The Bertz CT molecular complexity index is 637. The van der Waals surface area contributed by atoms with E-state index in [0.29, 0.717) is 6.61 Å². The van der Waals surface area contributed by atoms with E-state index in [2.05, 4.69) is 0 Å². The first-order chi connectivity index (χ1) is 9.87. The summed E-state index contributed by atoms with van der Waals surface area (Å²) in [5, 5.41) is 9.23. The van der Waals surface area contributed by atoms with Gasteiger partial charge in [-0.15, -0.1) is 0 Å². The van der Waals surface area contributed by atoms with E-state index < -0.39 is 16.0 Å². The van der Waals surface area contributed by atoms with Crippen molar-refractivity contribution in [2.75, 3.05) is 13.7 Å². The standard InChI is InChI=1S/C14H19NO5S/c1-3-8-20-13-7-6-11(9-12(13)14(16)17)21(18,19)15(2)10-4-5-10/h6-7,9-10H,3-5,8H2,1-2H3,(H,16,17). The average molecular weight is 313 g/mol. The minimum Gasteiger partial charge on any atom is -0.493 e. The van der Waals surface area contributed by atoms with Crippen LogP contribution in [0, 0.1) is 0 Å². The largest absolute Gasteiger partial charge is 0.493 e. The summed E-state index contributed by atoms with van der Waals surface area (Å²) in [6.07, 6.45) is 2.43. The summed E-state index contributed by atoms with van der Waals surface area (Å²) in [4.78, 5) is 11.3. The number of hydrogen-bond acceptors (Lipinski definition) is 4. The van der Waals surface area contributed by atoms with Crippen molar-refractivity contribution in [2.24, 2.45) is 0 Å². The number of hydrogen-bond donors (Lipinski definition) is 1. The second-order valence-corrected chi connectivity index (χ2v) is 7.06. The maximum Gasteiger partial charge on any atom is 0.339 e. The van der Waals surface area contributed by atoms with E-state index in [1.165, 1.54) is 29.6 Å². The average Bonchev–Trinajstić information content (AvgIpc) is 3.28. The molecule has 0 unspecified atom stereocenters. The van der Waals surface area contributed by atoms with Crippen molar-refractivity contribution in [3.05, 3.63) is 23.8 Å². The Hall–Kier alpha value is -1.60. The third-order valence-corrected chi connectivity index (χ3v) is 5.29. The van der Waals surface area contributed by atoms with Crippen LogP contribution >= 0.6 is 0 Å². The van der Waals surface area contributed by atoms with Gasteiger partial charge >= 0.3 is 5.97 Å². The molecule has 116 valence electrons. The van der Waals surface area contributed by atoms with Gasteiger partial charge in [-0.05, 0) is 37.5 Å². The maximum atomic E-state index is 12.4. The van der Waals surface area contributed by atoms with Crippen molar-refractivity contribution < 1.29 is 23.1 Å². The van der Waals surface area contributed by atoms with E-state index in [1.807, 2.05) is 6.92 Å². The number of carbonyl (C=O) groups is 1. The molecule has 2 rings (SSSR count). The molecule has 0 amide bonds. The van der Waals surface area contributed by atoms with E-state index in [1.54, 1.807) is 0 Å². The van der Waals surface area contributed by atoms with Gasteiger partial charge in [0.1, 0.15) is 11.3 Å². The summed E-state index contributed by atoms with van der Waals surface area (Å²) in [5.41, 5.74) is -0.131. The zero-order valence-corrected chi connectivity index (χ0v) is 12.9. The van der Waals surface area contributed by atoms with Gasteiger partial charge in [0.15, 0.2) is 0 Å². The molecule has 0 aromatic heterocycles. The van der Waals surface area contributed by atoms with Crippen LogP contribution < -0.4 is 4.74 Å². The van der Waals surface area contributed by atoms with Crippen LogP contribution in [0.4, 0.5) is 0 Å². The van der Waals surface area contributed by atoms with Gasteiger partial charge in [0.05, 0.1) is 11.5 Å². The maximum absolute atomic E-state index is 12.4. The van der Waals surface area contributed by atoms with Gasteiger partial charge in [-0.2, -0.15) is 4.31 Å². The van der Waals surface area contributed by atoms with Crippen molar-refractivity contribution in [1.82, 2.24) is 4.31 Å². The van der Waals surface area contributed by atoms with E-state index in [9.17, 15) is 18.3 Å². The molecule has 1 N–H and O–H groups in total. The number of nitrogens with zero attached hydrogens (tertiary/aromatic N) is 1. The molecular formula is C14H19NO5S. The Morgan fingerprint density at radius 3 is 2.62 bits per heavy atom. The third kappa shape index (κ3) is 3.36. The fourth-order valence-electron chi connectivity index (χ4n) is 1.98. The Balaban J connectivity index is 2.37. The van der Waals surface area contributed by atoms with Crippen LogP contribution in [0.2, 0.25) is 0 Å². The third-order valence-electron chi connectivity index (χ3n) is 3.38. The summed E-state index contributed by atoms with van der Waals surface area (Å²) < 4.78 is 31.5. The van der Waals surface area contributed by atoms with Gasteiger partial charge in [0, 0.05) is 13.1 Å². The smallest absolute Gasteiger partial charge is 0.339 e. The quantitative estimate of drug-likeness (QED) is 0.832. The summed E-state index contributed by atoms with van der Waals surface area (Å²) in [6.45, 7) is 2.29. The molecule has 1 saturated carbocycles. The Labute approximate surface area is 124 Å². The molecule has 0 heterocycles. The highest BCUT2D eigenvalue weighted by atomic mass is 32.2. The molecule has 0 radical (unpaired) electrons. The van der Waals surface area contributed by atoms with E-state index in [4.69, 9.17) is 4.74 Å². The van der Waals surface area contributed by atoms with Crippen molar-refractivity contribution in [3.8, 4) is 5.75 Å². The van der Waals surface area contributed by atoms with Crippen LogP contribution in [0.5, 0.6) is 5.75 Å². The van der Waals surface area contributed by atoms with Crippen molar-refractivity contribution in [1.29, 1.82) is 0 Å². The van der Waals surface area contributed by atoms with Crippen LogP contribution in [-0.4, -0.2) is 43.5 Å². The van der Waals surface area contributed by atoms with Gasteiger partial charge in [-0.25, -0.2) is 13.2 Å². The lowest BCUT2D eigenvalue weighted by Crippen LogP contribution is -2.29. The van der Waals surface area contributed by atoms with Gasteiger partial charge < -0.3 is 9.84 Å². The topological polar surface area (TPSA) is 83.9 Å². The number of aromatic carboxylic acids is 1. The lowest BCUT2D eigenvalue weighted by molar-refractivity contribution is 0.0692. The summed E-state index contributed by atoms with van der Waals surface area (Å²) >= 11 is 0. The second-order valence-electron chi connectivity index (χ2n) is 5.06. The van der Waals surface area contributed by atoms with Gasteiger partial charge in [0.25, 0.3) is 0 Å². The Kier molecular flexibility index (Phi) is 4.53. The molecular weight excluding hydrogens is 294 g/mol. The van der Waals surface area contributed by atoms with Crippen molar-refractivity contribution in [3.63, 3.8) is 0 Å². The lowest BCUT2D eigenvalue weighted by Gasteiger charge is -2.17. The number of carboxylic acid groups (broad SMARTS) is 1. The summed E-state index contributed by atoms with van der Waals surface area (Å²) in [7, 11) is -2.13. The number of benzene rings is 1. The molecule has 1 aliphatic rings. The molecule has 6 nitrogen and oxygen atoms in total. The van der Waals surface area contributed by atoms with Crippen LogP contribution in [0.1, 0.15) is 36.5 Å². The first-order valence-corrected chi connectivity index (χ1v) is 8.30. The fourth-order valence-corrected chi connectivity index (χ4v) is 3.42. The lowest BCUT2D eigenvalue weighted by atomic mass is 10.2. The van der Waals surface area contributed by atoms with Crippen molar-refractivity contribution in [2.45, 2.75) is 37.1 Å². The van der Waals surface area contributed by atoms with Gasteiger partial charge in [0.2, 0.25) is 10.0 Å². The minimum atomic E-state index is -3.65. The molecule has 7 heteroatoms. The van der Waals surface area contributed by atoms with Gasteiger partial charge in [-0.3, -0.25) is 0 Å². The van der Waals surface area contributed by atoms with Crippen molar-refractivity contribution >= 4 is 16.0 Å². The number of sulfonamides is 1. The van der Waals surface area contributed by atoms with Crippen LogP contribution in [0.3, 0.4) is 0 Å². The first-order valence-electron chi connectivity index (χ1n) is 6.86. The molecule has 1 aromatic rings. The molecule has 0 aliphatic heterocycles. The molecule has 0 atom stereocenters. The normalized spacial score (nSPS) is 15.2. The predicted octanol–water partition coefficient (Wildman–Crippen LogP) is 1.96. The molecule has 1 aromatic carbocycles. The molecule has 1 fully saturated rings. The van der Waals surface area contributed by atoms with E-state index >= 15 is 0 Å². The minimum absolute atomic E-state index is 0.0156.